The van der Waals surface area contributed by atoms with Gasteiger partial charge in [0.15, 0.2) is 10.6 Å². The van der Waals surface area contributed by atoms with Crippen molar-refractivity contribution in [1.82, 2.24) is 19.7 Å². The van der Waals surface area contributed by atoms with Crippen LogP contribution >= 0.6 is 12.2 Å². The van der Waals surface area contributed by atoms with E-state index in [9.17, 15) is 4.39 Å². The fraction of sp³-hybridized carbons (Fsp3) is 0.250. The number of nitrogens with one attached hydrogen (secondary N) is 1. The minimum atomic E-state index is -0.309. The number of H-pyrrole nitrogens is 1. The number of imidazole rings is 1. The third kappa shape index (κ3) is 2.17. The Morgan fingerprint density at radius 2 is 2.32 bits per heavy atom. The quantitative estimate of drug-likeness (QED) is 0.748. The number of aromatic nitrogens is 4. The molecule has 0 saturated heterocycles. The molecule has 0 aliphatic rings. The van der Waals surface area contributed by atoms with Crippen molar-refractivity contribution in [3.05, 3.63) is 40.5 Å². The summed E-state index contributed by atoms with van der Waals surface area (Å²) in [6.07, 6.45) is 0.554. The topological polar surface area (TPSA) is 59.6 Å². The molecule has 7 heteroatoms. The third-order valence-corrected chi connectivity index (χ3v) is 3.20. The van der Waals surface area contributed by atoms with E-state index in [0.717, 1.165) is 5.52 Å². The average molecular weight is 278 g/mol. The molecule has 0 saturated carbocycles. The van der Waals surface area contributed by atoms with Crippen molar-refractivity contribution >= 4 is 23.3 Å². The van der Waals surface area contributed by atoms with Gasteiger partial charge < -0.3 is 14.1 Å². The second kappa shape index (κ2) is 4.58. The summed E-state index contributed by atoms with van der Waals surface area (Å²) in [6, 6.07) is 4.89. The van der Waals surface area contributed by atoms with E-state index in [1.54, 1.807) is 13.0 Å². The van der Waals surface area contributed by atoms with Crippen LogP contribution in [0.15, 0.2) is 22.7 Å². The van der Waals surface area contributed by atoms with Gasteiger partial charge in [-0.1, -0.05) is 11.2 Å². The van der Waals surface area contributed by atoms with Gasteiger partial charge >= 0.3 is 0 Å². The van der Waals surface area contributed by atoms with Gasteiger partial charge in [0.1, 0.15) is 11.3 Å². The van der Waals surface area contributed by atoms with E-state index in [1.807, 2.05) is 10.6 Å². The second-order valence-electron chi connectivity index (χ2n) is 4.20. The Hall–Kier alpha value is -2.02. The first-order valence-corrected chi connectivity index (χ1v) is 6.22. The lowest BCUT2D eigenvalue weighted by Crippen LogP contribution is -2.01. The Kier molecular flexibility index (Phi) is 2.90. The monoisotopic (exact) mass is 278 g/mol. The zero-order chi connectivity index (χ0) is 13.4. The highest BCUT2D eigenvalue weighted by Gasteiger charge is 2.09. The molecule has 0 atom stereocenters. The summed E-state index contributed by atoms with van der Waals surface area (Å²) in [5, 5.41) is 3.73. The summed E-state index contributed by atoms with van der Waals surface area (Å²) >= 11 is 5.21. The molecular formula is C12H11FN4OS. The van der Waals surface area contributed by atoms with E-state index < -0.39 is 0 Å². The molecule has 0 unspecified atom stereocenters. The zero-order valence-electron chi connectivity index (χ0n) is 10.2. The molecule has 0 aliphatic carbocycles. The number of halogens is 1. The molecule has 1 aromatic carbocycles. The van der Waals surface area contributed by atoms with Gasteiger partial charge in [-0.2, -0.15) is 4.98 Å². The van der Waals surface area contributed by atoms with Crippen molar-refractivity contribution in [3.63, 3.8) is 0 Å². The first kappa shape index (κ1) is 12.0. The third-order valence-electron chi connectivity index (χ3n) is 2.88. The average Bonchev–Trinajstić information content (AvgIpc) is 2.92. The van der Waals surface area contributed by atoms with Crippen LogP contribution in [0.4, 0.5) is 4.39 Å². The van der Waals surface area contributed by atoms with Crippen LogP contribution in [0.5, 0.6) is 0 Å². The summed E-state index contributed by atoms with van der Waals surface area (Å²) in [4.78, 5) is 7.00. The number of nitrogens with zero attached hydrogens (tertiary/aromatic N) is 3. The number of aromatic amines is 1. The molecule has 3 aromatic rings. The van der Waals surface area contributed by atoms with Crippen molar-refractivity contribution in [2.75, 3.05) is 0 Å². The van der Waals surface area contributed by atoms with Crippen LogP contribution in [0.3, 0.4) is 0 Å². The molecule has 19 heavy (non-hydrogen) atoms. The highest BCUT2D eigenvalue weighted by Crippen LogP contribution is 2.17. The standard InChI is InChI=1S/C12H11FN4OS/c1-7-14-10(18-16-7)5-6-17-9-4-2-3-8(13)11(9)15-12(17)19/h2-4H,5-6H2,1H3,(H,15,19). The van der Waals surface area contributed by atoms with Crippen LogP contribution in [0.1, 0.15) is 11.7 Å². The van der Waals surface area contributed by atoms with E-state index in [1.165, 1.54) is 6.07 Å². The van der Waals surface area contributed by atoms with Crippen LogP contribution in [0.25, 0.3) is 11.0 Å². The Labute approximate surface area is 113 Å². The highest BCUT2D eigenvalue weighted by atomic mass is 32.1. The lowest BCUT2D eigenvalue weighted by atomic mass is 10.3. The maximum absolute atomic E-state index is 13.6. The molecule has 0 fully saturated rings. The number of hydrogen-bond donors (Lipinski definition) is 1. The predicted molar refractivity (Wildman–Crippen MR) is 69.8 cm³/mol. The minimum absolute atomic E-state index is 0.309. The van der Waals surface area contributed by atoms with Crippen molar-refractivity contribution in [2.24, 2.45) is 0 Å². The Morgan fingerprint density at radius 1 is 1.47 bits per heavy atom. The molecule has 3 rings (SSSR count). The summed E-state index contributed by atoms with van der Waals surface area (Å²) in [7, 11) is 0. The van der Waals surface area contributed by atoms with Gasteiger partial charge in [0.25, 0.3) is 0 Å². The molecule has 5 nitrogen and oxygen atoms in total. The normalized spacial score (nSPS) is 11.3. The van der Waals surface area contributed by atoms with Gasteiger partial charge in [0, 0.05) is 13.0 Å². The first-order chi connectivity index (χ1) is 9.15. The SMILES string of the molecule is Cc1noc(CCn2c(=S)[nH]c3c(F)cccc32)n1. The maximum Gasteiger partial charge on any atom is 0.228 e. The number of para-hydroxylation sites is 1. The van der Waals surface area contributed by atoms with E-state index in [2.05, 4.69) is 15.1 Å². The van der Waals surface area contributed by atoms with Gasteiger partial charge in [-0.3, -0.25) is 0 Å². The van der Waals surface area contributed by atoms with Crippen LogP contribution in [0.2, 0.25) is 0 Å². The molecule has 0 spiro atoms. The summed E-state index contributed by atoms with van der Waals surface area (Å²) < 4.78 is 21.0. The molecule has 98 valence electrons. The maximum atomic E-state index is 13.6. The lowest BCUT2D eigenvalue weighted by Gasteiger charge is -2.01. The molecule has 0 bridgehead atoms. The number of fused-ring (bicyclic) bond motifs is 1. The van der Waals surface area contributed by atoms with Gasteiger partial charge in [0.2, 0.25) is 5.89 Å². The molecule has 2 heterocycles. The summed E-state index contributed by atoms with van der Waals surface area (Å²) in [5.41, 5.74) is 1.16. The van der Waals surface area contributed by atoms with Crippen molar-refractivity contribution < 1.29 is 8.91 Å². The van der Waals surface area contributed by atoms with Gasteiger partial charge in [0.05, 0.1) is 5.52 Å². The number of rotatable bonds is 3. The molecule has 2 aromatic heterocycles. The Morgan fingerprint density at radius 3 is 3.05 bits per heavy atom. The smallest absolute Gasteiger partial charge is 0.228 e. The van der Waals surface area contributed by atoms with Gasteiger partial charge in [-0.05, 0) is 31.3 Å². The summed E-state index contributed by atoms with van der Waals surface area (Å²) in [6.45, 7) is 2.32. The number of aryl methyl sites for hydroxylation is 3. The first-order valence-electron chi connectivity index (χ1n) is 5.81. The lowest BCUT2D eigenvalue weighted by molar-refractivity contribution is 0.369. The Balaban J connectivity index is 1.95. The van der Waals surface area contributed by atoms with Crippen LogP contribution in [0, 0.1) is 17.5 Å². The molecular weight excluding hydrogens is 267 g/mol. The second-order valence-corrected chi connectivity index (χ2v) is 4.59. The molecule has 0 radical (unpaired) electrons. The molecule has 1 N–H and O–H groups in total. The number of benzene rings is 1. The highest BCUT2D eigenvalue weighted by molar-refractivity contribution is 7.71. The zero-order valence-corrected chi connectivity index (χ0v) is 11.0. The summed E-state index contributed by atoms with van der Waals surface area (Å²) in [5.74, 6) is 0.838. The largest absolute Gasteiger partial charge is 0.339 e. The van der Waals surface area contributed by atoms with E-state index in [0.29, 0.717) is 35.0 Å². The Bertz CT molecular complexity index is 788. The van der Waals surface area contributed by atoms with Crippen LogP contribution in [-0.4, -0.2) is 19.7 Å². The van der Waals surface area contributed by atoms with Gasteiger partial charge in [-0.15, -0.1) is 0 Å². The van der Waals surface area contributed by atoms with Crippen LogP contribution < -0.4 is 0 Å². The fourth-order valence-electron chi connectivity index (χ4n) is 2.02. The fourth-order valence-corrected chi connectivity index (χ4v) is 2.31. The van der Waals surface area contributed by atoms with Crippen LogP contribution in [-0.2, 0) is 13.0 Å². The van der Waals surface area contributed by atoms with Crippen molar-refractivity contribution in [2.45, 2.75) is 19.9 Å². The molecule has 0 amide bonds. The van der Waals surface area contributed by atoms with E-state index in [4.69, 9.17) is 16.7 Å². The molecule has 0 aliphatic heterocycles. The minimum Gasteiger partial charge on any atom is -0.339 e. The van der Waals surface area contributed by atoms with Crippen molar-refractivity contribution in [1.29, 1.82) is 0 Å². The van der Waals surface area contributed by atoms with Gasteiger partial charge in [-0.25, -0.2) is 4.39 Å². The predicted octanol–water partition coefficient (Wildman–Crippen LogP) is 2.77. The number of hydrogen-bond acceptors (Lipinski definition) is 4. The van der Waals surface area contributed by atoms with E-state index >= 15 is 0 Å². The van der Waals surface area contributed by atoms with Crippen molar-refractivity contribution in [3.8, 4) is 0 Å². The van der Waals surface area contributed by atoms with E-state index in [-0.39, 0.29) is 5.82 Å².